The molecule has 3 nitrogen and oxygen atoms in total. The van der Waals surface area contributed by atoms with E-state index >= 15 is 0 Å². The zero-order chi connectivity index (χ0) is 15.3. The van der Waals surface area contributed by atoms with Crippen molar-refractivity contribution >= 4 is 33.8 Å². The minimum Gasteiger partial charge on any atom is -0.323 e. The Kier molecular flexibility index (Phi) is 3.82. The highest BCUT2D eigenvalue weighted by atomic mass is 32.1. The molecule has 0 bridgehead atoms. The van der Waals surface area contributed by atoms with Crippen LogP contribution >= 0.6 is 23.6 Å². The monoisotopic (exact) mass is 322 g/mol. The predicted molar refractivity (Wildman–Crippen MR) is 92.0 cm³/mol. The van der Waals surface area contributed by atoms with Gasteiger partial charge >= 0.3 is 0 Å². The van der Waals surface area contributed by atoms with Crippen LogP contribution in [0.5, 0.6) is 0 Å². The number of aryl methyl sites for hydroxylation is 2. The third kappa shape index (κ3) is 2.40. The first-order valence-electron chi connectivity index (χ1n) is 7.64. The van der Waals surface area contributed by atoms with Gasteiger partial charge in [0.15, 0.2) is 4.77 Å². The van der Waals surface area contributed by atoms with Gasteiger partial charge in [-0.05, 0) is 62.7 Å². The molecule has 3 rings (SSSR count). The SMILES string of the molecule is Cc1sc2[nH]c(=S)n(C3CCC(C)C(C)C3)c(=O)c2c1C. The van der Waals surface area contributed by atoms with Crippen LogP contribution in [0.3, 0.4) is 0 Å². The Labute approximate surface area is 134 Å². The molecule has 1 aliphatic rings. The molecule has 1 N–H and O–H groups in total. The van der Waals surface area contributed by atoms with Crippen LogP contribution < -0.4 is 5.56 Å². The van der Waals surface area contributed by atoms with E-state index in [0.29, 0.717) is 10.7 Å². The minimum absolute atomic E-state index is 0.0994. The lowest BCUT2D eigenvalue weighted by atomic mass is 9.79. The molecule has 2 heterocycles. The van der Waals surface area contributed by atoms with Gasteiger partial charge in [-0.25, -0.2) is 0 Å². The lowest BCUT2D eigenvalue weighted by Gasteiger charge is -2.33. The standard InChI is InChI=1S/C16H22N2OS2/c1-8-5-6-12(7-9(8)2)18-15(19)13-10(3)11(4)21-14(13)17-16(18)20/h8-9,12H,5-7H2,1-4H3,(H,17,20). The average Bonchev–Trinajstić information content (AvgIpc) is 2.69. The fraction of sp³-hybridized carbons (Fsp3) is 0.625. The average molecular weight is 322 g/mol. The van der Waals surface area contributed by atoms with E-state index in [4.69, 9.17) is 12.2 Å². The van der Waals surface area contributed by atoms with Crippen LogP contribution in [0.4, 0.5) is 0 Å². The first-order chi connectivity index (χ1) is 9.90. The molecule has 1 saturated carbocycles. The number of H-pyrrole nitrogens is 1. The molecule has 0 aromatic carbocycles. The van der Waals surface area contributed by atoms with Gasteiger partial charge in [-0.1, -0.05) is 13.8 Å². The van der Waals surface area contributed by atoms with E-state index in [9.17, 15) is 4.79 Å². The molecule has 1 fully saturated rings. The third-order valence-electron chi connectivity index (χ3n) is 5.19. The summed E-state index contributed by atoms with van der Waals surface area (Å²) < 4.78 is 2.43. The normalized spacial score (nSPS) is 26.4. The highest BCUT2D eigenvalue weighted by Crippen LogP contribution is 2.36. The van der Waals surface area contributed by atoms with Crippen LogP contribution in [0.15, 0.2) is 4.79 Å². The Balaban J connectivity index is 2.17. The zero-order valence-electron chi connectivity index (χ0n) is 13.0. The van der Waals surface area contributed by atoms with Gasteiger partial charge in [-0.15, -0.1) is 11.3 Å². The molecule has 0 amide bonds. The van der Waals surface area contributed by atoms with Crippen LogP contribution in [-0.2, 0) is 0 Å². The van der Waals surface area contributed by atoms with Gasteiger partial charge in [-0.2, -0.15) is 0 Å². The molecule has 3 unspecified atom stereocenters. The Hall–Kier alpha value is -0.940. The van der Waals surface area contributed by atoms with Gasteiger partial charge in [0.2, 0.25) is 0 Å². The summed E-state index contributed by atoms with van der Waals surface area (Å²) >= 11 is 7.11. The molecule has 21 heavy (non-hydrogen) atoms. The smallest absolute Gasteiger partial charge is 0.263 e. The summed E-state index contributed by atoms with van der Waals surface area (Å²) in [5.41, 5.74) is 1.19. The first-order valence-corrected chi connectivity index (χ1v) is 8.87. The summed E-state index contributed by atoms with van der Waals surface area (Å²) in [6, 6.07) is 0.247. The number of rotatable bonds is 1. The van der Waals surface area contributed by atoms with E-state index in [2.05, 4.69) is 25.8 Å². The number of hydrogen-bond donors (Lipinski definition) is 1. The molecular formula is C16H22N2OS2. The maximum absolute atomic E-state index is 13.0. The quantitative estimate of drug-likeness (QED) is 0.770. The zero-order valence-corrected chi connectivity index (χ0v) is 14.7. The van der Waals surface area contributed by atoms with E-state index in [0.717, 1.165) is 34.5 Å². The summed E-state index contributed by atoms with van der Waals surface area (Å²) in [4.78, 5) is 18.3. The fourth-order valence-electron chi connectivity index (χ4n) is 3.43. The van der Waals surface area contributed by atoms with E-state index < -0.39 is 0 Å². The van der Waals surface area contributed by atoms with Crippen LogP contribution in [0.1, 0.15) is 49.6 Å². The Bertz CT molecular complexity index is 799. The van der Waals surface area contributed by atoms with Gasteiger partial charge < -0.3 is 4.98 Å². The number of nitrogens with one attached hydrogen (secondary N) is 1. The minimum atomic E-state index is 0.0994. The Morgan fingerprint density at radius 1 is 1.24 bits per heavy atom. The molecule has 2 aromatic rings. The van der Waals surface area contributed by atoms with E-state index in [1.54, 1.807) is 11.3 Å². The van der Waals surface area contributed by atoms with Crippen molar-refractivity contribution in [2.45, 2.75) is 53.0 Å². The first kappa shape index (κ1) is 15.0. The molecule has 0 aliphatic heterocycles. The number of hydrogen-bond acceptors (Lipinski definition) is 3. The maximum atomic E-state index is 13.0. The van der Waals surface area contributed by atoms with Crippen molar-refractivity contribution in [1.82, 2.24) is 9.55 Å². The van der Waals surface area contributed by atoms with Crippen molar-refractivity contribution in [2.75, 3.05) is 0 Å². The molecule has 5 heteroatoms. The lowest BCUT2D eigenvalue weighted by molar-refractivity contribution is 0.206. The largest absolute Gasteiger partial charge is 0.323 e. The van der Waals surface area contributed by atoms with Gasteiger partial charge in [0.05, 0.1) is 5.39 Å². The molecule has 3 atom stereocenters. The van der Waals surface area contributed by atoms with Gasteiger partial charge in [-0.3, -0.25) is 9.36 Å². The van der Waals surface area contributed by atoms with Crippen LogP contribution in [0.25, 0.3) is 10.2 Å². The molecule has 114 valence electrons. The van der Waals surface area contributed by atoms with Gasteiger partial charge in [0.25, 0.3) is 5.56 Å². The summed E-state index contributed by atoms with van der Waals surface area (Å²) in [7, 11) is 0. The highest BCUT2D eigenvalue weighted by molar-refractivity contribution is 7.71. The number of fused-ring (bicyclic) bond motifs is 1. The molecule has 2 aromatic heterocycles. The van der Waals surface area contributed by atoms with E-state index in [-0.39, 0.29) is 11.6 Å². The Morgan fingerprint density at radius 3 is 2.62 bits per heavy atom. The van der Waals surface area contributed by atoms with Crippen LogP contribution in [0, 0.1) is 30.5 Å². The maximum Gasteiger partial charge on any atom is 0.263 e. The van der Waals surface area contributed by atoms with E-state index in [1.165, 1.54) is 11.3 Å². The molecule has 1 aliphatic carbocycles. The van der Waals surface area contributed by atoms with Crippen molar-refractivity contribution < 1.29 is 0 Å². The number of aromatic amines is 1. The molecule has 0 spiro atoms. The van der Waals surface area contributed by atoms with Crippen molar-refractivity contribution in [2.24, 2.45) is 11.8 Å². The number of thiophene rings is 1. The summed E-state index contributed by atoms with van der Waals surface area (Å²) in [6.45, 7) is 8.68. The highest BCUT2D eigenvalue weighted by Gasteiger charge is 2.27. The third-order valence-corrected chi connectivity index (χ3v) is 6.61. The molecule has 0 radical (unpaired) electrons. The summed E-state index contributed by atoms with van der Waals surface area (Å²) in [5, 5.41) is 0.831. The van der Waals surface area contributed by atoms with Crippen molar-refractivity contribution in [3.8, 4) is 0 Å². The molecular weight excluding hydrogens is 300 g/mol. The van der Waals surface area contributed by atoms with Crippen molar-refractivity contribution in [1.29, 1.82) is 0 Å². The van der Waals surface area contributed by atoms with Crippen molar-refractivity contribution in [3.05, 3.63) is 25.6 Å². The Morgan fingerprint density at radius 2 is 1.95 bits per heavy atom. The van der Waals surface area contributed by atoms with Gasteiger partial charge in [0.1, 0.15) is 4.83 Å². The van der Waals surface area contributed by atoms with E-state index in [1.807, 2.05) is 11.5 Å². The summed E-state index contributed by atoms with van der Waals surface area (Å²) in [6.07, 6.45) is 3.27. The second kappa shape index (κ2) is 5.36. The van der Waals surface area contributed by atoms with Crippen LogP contribution in [-0.4, -0.2) is 9.55 Å². The van der Waals surface area contributed by atoms with Crippen LogP contribution in [0.2, 0.25) is 0 Å². The lowest BCUT2D eigenvalue weighted by Crippen LogP contribution is -2.31. The van der Waals surface area contributed by atoms with Crippen molar-refractivity contribution in [3.63, 3.8) is 0 Å². The number of nitrogens with zero attached hydrogens (tertiary/aromatic N) is 1. The fourth-order valence-corrected chi connectivity index (χ4v) is 4.88. The summed E-state index contributed by atoms with van der Waals surface area (Å²) in [5.74, 6) is 1.38. The number of aromatic nitrogens is 2. The predicted octanol–water partition coefficient (Wildman–Crippen LogP) is 4.73. The second-order valence-corrected chi connectivity index (χ2v) is 8.13. The topological polar surface area (TPSA) is 37.8 Å². The second-order valence-electron chi connectivity index (χ2n) is 6.51. The van der Waals surface area contributed by atoms with Gasteiger partial charge in [0, 0.05) is 10.9 Å². The molecule has 0 saturated heterocycles.